The molecule has 2 amide bonds. The van der Waals surface area contributed by atoms with Crippen molar-refractivity contribution in [3.05, 3.63) is 65.9 Å². The highest BCUT2D eigenvalue weighted by molar-refractivity contribution is 6.01. The Balaban J connectivity index is 1.72. The van der Waals surface area contributed by atoms with Crippen molar-refractivity contribution < 1.29 is 13.6 Å². The highest BCUT2D eigenvalue weighted by Gasteiger charge is 2.12. The molecule has 1 aromatic heterocycles. The second-order valence-electron chi connectivity index (χ2n) is 5.18. The van der Waals surface area contributed by atoms with E-state index in [9.17, 15) is 13.6 Å². The third kappa shape index (κ3) is 3.01. The van der Waals surface area contributed by atoms with Crippen LogP contribution in [-0.2, 0) is 13.6 Å². The number of nitrogens with one attached hydrogen (secondary N) is 2. The van der Waals surface area contributed by atoms with Crippen molar-refractivity contribution in [3.8, 4) is 0 Å². The summed E-state index contributed by atoms with van der Waals surface area (Å²) >= 11 is 0. The van der Waals surface area contributed by atoms with E-state index in [4.69, 9.17) is 0 Å². The highest BCUT2D eigenvalue weighted by atomic mass is 19.1. The fourth-order valence-corrected chi connectivity index (χ4v) is 2.48. The smallest absolute Gasteiger partial charge is 0.319 e. The zero-order valence-electron chi connectivity index (χ0n) is 12.4. The normalized spacial score (nSPS) is 10.7. The van der Waals surface area contributed by atoms with Crippen LogP contribution in [-0.4, -0.2) is 10.6 Å². The molecule has 1 heterocycles. The van der Waals surface area contributed by atoms with Gasteiger partial charge in [-0.15, -0.1) is 0 Å². The number of benzene rings is 2. The van der Waals surface area contributed by atoms with E-state index >= 15 is 0 Å². The topological polar surface area (TPSA) is 46.1 Å². The minimum absolute atomic E-state index is 0.166. The van der Waals surface area contributed by atoms with E-state index in [-0.39, 0.29) is 12.1 Å². The predicted molar refractivity (Wildman–Crippen MR) is 85.1 cm³/mol. The van der Waals surface area contributed by atoms with Gasteiger partial charge in [-0.25, -0.2) is 13.6 Å². The number of rotatable bonds is 3. The maximum absolute atomic E-state index is 13.5. The molecule has 0 saturated carbocycles. The van der Waals surface area contributed by atoms with E-state index in [1.807, 2.05) is 35.9 Å². The first-order valence-electron chi connectivity index (χ1n) is 7.08. The molecule has 3 aromatic rings. The average Bonchev–Trinajstić information content (AvgIpc) is 2.83. The Morgan fingerprint density at radius 1 is 1.09 bits per heavy atom. The summed E-state index contributed by atoms with van der Waals surface area (Å²) in [6.07, 6.45) is 1.79. The Bertz CT molecular complexity index is 853. The lowest BCUT2D eigenvalue weighted by molar-refractivity contribution is 0.251. The number of carbonyl (C=O) groups excluding carboxylic acids is 1. The molecule has 23 heavy (non-hydrogen) atoms. The molecular formula is C17H15F2N3O. The van der Waals surface area contributed by atoms with E-state index in [1.54, 1.807) is 6.20 Å². The van der Waals surface area contributed by atoms with Gasteiger partial charge in [0.05, 0.1) is 12.2 Å². The van der Waals surface area contributed by atoms with Gasteiger partial charge in [0.2, 0.25) is 0 Å². The molecule has 0 fully saturated rings. The van der Waals surface area contributed by atoms with Gasteiger partial charge >= 0.3 is 6.03 Å². The van der Waals surface area contributed by atoms with Crippen LogP contribution in [0.15, 0.2) is 48.7 Å². The van der Waals surface area contributed by atoms with Crippen LogP contribution in [0.5, 0.6) is 0 Å². The molecule has 118 valence electrons. The van der Waals surface area contributed by atoms with Crippen molar-refractivity contribution in [3.63, 3.8) is 0 Å². The van der Waals surface area contributed by atoms with Crippen molar-refractivity contribution in [2.75, 3.05) is 5.32 Å². The molecule has 0 aliphatic carbocycles. The third-order valence-corrected chi connectivity index (χ3v) is 3.63. The van der Waals surface area contributed by atoms with Crippen LogP contribution in [0.3, 0.4) is 0 Å². The lowest BCUT2D eigenvalue weighted by Crippen LogP contribution is -2.28. The van der Waals surface area contributed by atoms with E-state index in [0.29, 0.717) is 5.69 Å². The second-order valence-corrected chi connectivity index (χ2v) is 5.18. The monoisotopic (exact) mass is 315 g/mol. The Morgan fingerprint density at radius 3 is 2.52 bits per heavy atom. The maximum atomic E-state index is 13.5. The largest absolute Gasteiger partial charge is 0.348 e. The molecule has 0 saturated heterocycles. The molecule has 4 nitrogen and oxygen atoms in total. The Labute approximate surface area is 131 Å². The summed E-state index contributed by atoms with van der Waals surface area (Å²) in [5.74, 6) is -1.37. The van der Waals surface area contributed by atoms with Crippen molar-refractivity contribution >= 4 is 22.6 Å². The molecule has 3 rings (SSSR count). The highest BCUT2D eigenvalue weighted by Crippen LogP contribution is 2.24. The average molecular weight is 315 g/mol. The first-order valence-corrected chi connectivity index (χ1v) is 7.08. The summed E-state index contributed by atoms with van der Waals surface area (Å²) in [5.41, 5.74) is 1.44. The maximum Gasteiger partial charge on any atom is 0.319 e. The van der Waals surface area contributed by atoms with Crippen molar-refractivity contribution in [1.82, 2.24) is 9.88 Å². The van der Waals surface area contributed by atoms with Crippen molar-refractivity contribution in [1.29, 1.82) is 0 Å². The molecule has 0 aliphatic heterocycles. The lowest BCUT2D eigenvalue weighted by atomic mass is 10.2. The number of halogens is 2. The van der Waals surface area contributed by atoms with Crippen molar-refractivity contribution in [2.24, 2.45) is 7.05 Å². The van der Waals surface area contributed by atoms with E-state index < -0.39 is 17.7 Å². The Kier molecular flexibility index (Phi) is 3.97. The number of carbonyl (C=O) groups is 1. The second kappa shape index (κ2) is 6.08. The van der Waals surface area contributed by atoms with Crippen LogP contribution in [0.4, 0.5) is 19.3 Å². The van der Waals surface area contributed by atoms with Gasteiger partial charge in [-0.2, -0.15) is 0 Å². The number of anilines is 1. The number of fused-ring (bicyclic) bond motifs is 1. The van der Waals surface area contributed by atoms with Gasteiger partial charge in [-0.05, 0) is 18.2 Å². The molecule has 6 heteroatoms. The van der Waals surface area contributed by atoms with Gasteiger partial charge in [0.25, 0.3) is 0 Å². The Hall–Kier alpha value is -2.89. The number of urea groups is 1. The minimum atomic E-state index is -0.685. The van der Waals surface area contributed by atoms with Crippen LogP contribution >= 0.6 is 0 Å². The number of aryl methyl sites for hydroxylation is 1. The number of aromatic nitrogens is 1. The summed E-state index contributed by atoms with van der Waals surface area (Å²) in [6, 6.07) is 10.7. The van der Waals surface area contributed by atoms with Gasteiger partial charge in [0.15, 0.2) is 0 Å². The number of nitrogens with zero attached hydrogens (tertiary/aromatic N) is 1. The van der Waals surface area contributed by atoms with E-state index in [1.165, 1.54) is 6.07 Å². The summed E-state index contributed by atoms with van der Waals surface area (Å²) in [5, 5.41) is 6.05. The Morgan fingerprint density at radius 2 is 1.78 bits per heavy atom. The van der Waals surface area contributed by atoms with Crippen LogP contribution in [0.1, 0.15) is 5.56 Å². The van der Waals surface area contributed by atoms with Gasteiger partial charge in [-0.3, -0.25) is 0 Å². The van der Waals surface area contributed by atoms with Crippen molar-refractivity contribution in [2.45, 2.75) is 6.54 Å². The van der Waals surface area contributed by atoms with Crippen LogP contribution in [0, 0.1) is 11.6 Å². The number of amides is 2. The van der Waals surface area contributed by atoms with E-state index in [0.717, 1.165) is 23.0 Å². The quantitative estimate of drug-likeness (QED) is 0.759. The lowest BCUT2D eigenvalue weighted by Gasteiger charge is -2.08. The molecule has 0 aliphatic rings. The molecule has 0 unspecified atom stereocenters. The molecule has 0 atom stereocenters. The molecule has 2 aromatic carbocycles. The zero-order chi connectivity index (χ0) is 16.4. The van der Waals surface area contributed by atoms with Gasteiger partial charge in [-0.1, -0.05) is 24.3 Å². The first kappa shape index (κ1) is 15.0. The summed E-state index contributed by atoms with van der Waals surface area (Å²) in [7, 11) is 1.88. The predicted octanol–water partition coefficient (Wildman–Crippen LogP) is 3.78. The number of hydrogen-bond donors (Lipinski definition) is 2. The first-order chi connectivity index (χ1) is 11.1. The zero-order valence-corrected chi connectivity index (χ0v) is 12.4. The molecule has 2 N–H and O–H groups in total. The van der Waals surface area contributed by atoms with E-state index in [2.05, 4.69) is 10.6 Å². The summed E-state index contributed by atoms with van der Waals surface area (Å²) in [6.45, 7) is -0.227. The summed E-state index contributed by atoms with van der Waals surface area (Å²) < 4.78 is 28.9. The van der Waals surface area contributed by atoms with Crippen LogP contribution in [0.25, 0.3) is 10.9 Å². The fraction of sp³-hybridized carbons (Fsp3) is 0.118. The molecular weight excluding hydrogens is 300 g/mol. The number of hydrogen-bond acceptors (Lipinski definition) is 1. The number of para-hydroxylation sites is 1. The molecule has 0 bridgehead atoms. The van der Waals surface area contributed by atoms with Gasteiger partial charge in [0.1, 0.15) is 11.6 Å². The van der Waals surface area contributed by atoms with Crippen LogP contribution in [0.2, 0.25) is 0 Å². The minimum Gasteiger partial charge on any atom is -0.348 e. The SMILES string of the molecule is Cn1cc(NC(=O)NCc2c(F)cccc2F)c2ccccc21. The standard InChI is InChI=1S/C17H15F2N3O/c1-22-10-15(11-5-2-3-8-16(11)22)21-17(23)20-9-12-13(18)6-4-7-14(12)19/h2-8,10H,9H2,1H3,(H2,20,21,23). The van der Waals surface area contributed by atoms with Crippen LogP contribution < -0.4 is 10.6 Å². The third-order valence-electron chi connectivity index (χ3n) is 3.63. The summed E-state index contributed by atoms with van der Waals surface area (Å²) in [4.78, 5) is 12.0. The fourth-order valence-electron chi connectivity index (χ4n) is 2.48. The van der Waals surface area contributed by atoms with Gasteiger partial charge < -0.3 is 15.2 Å². The molecule has 0 spiro atoms. The molecule has 0 radical (unpaired) electrons. The van der Waals surface area contributed by atoms with Gasteiger partial charge in [0, 0.05) is 29.7 Å².